The highest BCUT2D eigenvalue weighted by molar-refractivity contribution is 5.50. The van der Waals surface area contributed by atoms with Crippen LogP contribution in [0.25, 0.3) is 0 Å². The maximum absolute atomic E-state index is 5.42. The van der Waals surface area contributed by atoms with Crippen LogP contribution in [0.3, 0.4) is 0 Å². The van der Waals surface area contributed by atoms with E-state index in [0.29, 0.717) is 6.61 Å². The van der Waals surface area contributed by atoms with Crippen molar-refractivity contribution in [1.82, 2.24) is 4.98 Å². The van der Waals surface area contributed by atoms with Crippen LogP contribution >= 0.6 is 0 Å². The highest BCUT2D eigenvalue weighted by Gasteiger charge is 2.04. The maximum Gasteiger partial charge on any atom is 0.169 e. The summed E-state index contributed by atoms with van der Waals surface area (Å²) in [5.41, 5.74) is 0. The summed E-state index contributed by atoms with van der Waals surface area (Å²) in [5, 5.41) is 3.19. The molecule has 1 atom stereocenters. The van der Waals surface area contributed by atoms with E-state index in [9.17, 15) is 0 Å². The molecule has 1 aromatic rings. The summed E-state index contributed by atoms with van der Waals surface area (Å²) in [7, 11) is 0. The molecule has 0 aliphatic heterocycles. The van der Waals surface area contributed by atoms with Gasteiger partial charge >= 0.3 is 0 Å². The van der Waals surface area contributed by atoms with Crippen LogP contribution in [-0.2, 0) is 0 Å². The number of aromatic nitrogens is 1. The molecule has 0 aliphatic rings. The van der Waals surface area contributed by atoms with E-state index in [2.05, 4.69) is 16.9 Å². The second kappa shape index (κ2) is 5.27. The lowest BCUT2D eigenvalue weighted by molar-refractivity contribution is 0.340. The van der Waals surface area contributed by atoms with Crippen LogP contribution < -0.4 is 10.1 Å². The summed E-state index contributed by atoms with van der Waals surface area (Å²) in [6.45, 7) is 8.31. The summed E-state index contributed by atoms with van der Waals surface area (Å²) >= 11 is 0. The van der Waals surface area contributed by atoms with Gasteiger partial charge in [0.15, 0.2) is 11.6 Å². The first-order valence-corrected chi connectivity index (χ1v) is 4.74. The molecule has 3 nitrogen and oxygen atoms in total. The minimum atomic E-state index is 0.184. The van der Waals surface area contributed by atoms with Gasteiger partial charge in [0, 0.05) is 12.2 Å². The van der Waals surface area contributed by atoms with Crippen molar-refractivity contribution in [3.05, 3.63) is 31.0 Å². The van der Waals surface area contributed by atoms with E-state index in [4.69, 9.17) is 4.74 Å². The minimum absolute atomic E-state index is 0.184. The number of anilines is 1. The van der Waals surface area contributed by atoms with E-state index >= 15 is 0 Å². The van der Waals surface area contributed by atoms with E-state index < -0.39 is 0 Å². The number of hydrogen-bond donors (Lipinski definition) is 1. The molecule has 1 heterocycles. The fourth-order valence-electron chi connectivity index (χ4n) is 1.05. The van der Waals surface area contributed by atoms with E-state index in [-0.39, 0.29) is 6.04 Å². The quantitative estimate of drug-likeness (QED) is 0.728. The lowest BCUT2D eigenvalue weighted by Crippen LogP contribution is -2.13. The molecule has 0 radical (unpaired) electrons. The Morgan fingerprint density at radius 1 is 1.71 bits per heavy atom. The smallest absolute Gasteiger partial charge is 0.169 e. The van der Waals surface area contributed by atoms with Gasteiger partial charge < -0.3 is 10.1 Å². The second-order valence-electron chi connectivity index (χ2n) is 2.95. The lowest BCUT2D eigenvalue weighted by atomic mass is 10.3. The standard InChI is InChI=1S/C11H16N2O/c1-4-9(3)13-11-10(14-5-2)7-6-8-12-11/h4,6-9H,1,5H2,2-3H3,(H,12,13). The molecule has 0 aliphatic carbocycles. The second-order valence-corrected chi connectivity index (χ2v) is 2.95. The van der Waals surface area contributed by atoms with Crippen LogP contribution in [0.5, 0.6) is 5.75 Å². The lowest BCUT2D eigenvalue weighted by Gasteiger charge is -2.13. The van der Waals surface area contributed by atoms with Crippen LogP contribution in [0, 0.1) is 0 Å². The molecule has 3 heteroatoms. The van der Waals surface area contributed by atoms with E-state index in [1.807, 2.05) is 32.1 Å². The fraction of sp³-hybridized carbons (Fsp3) is 0.364. The van der Waals surface area contributed by atoms with Crippen molar-refractivity contribution in [3.8, 4) is 5.75 Å². The van der Waals surface area contributed by atoms with Crippen LogP contribution in [0.15, 0.2) is 31.0 Å². The normalized spacial score (nSPS) is 11.9. The molecule has 0 amide bonds. The first-order valence-electron chi connectivity index (χ1n) is 4.74. The molecule has 0 aromatic carbocycles. The van der Waals surface area contributed by atoms with Crippen molar-refractivity contribution in [2.75, 3.05) is 11.9 Å². The van der Waals surface area contributed by atoms with Gasteiger partial charge in [-0.3, -0.25) is 0 Å². The molecule has 0 saturated carbocycles. The van der Waals surface area contributed by atoms with Crippen molar-refractivity contribution in [2.24, 2.45) is 0 Å². The molecular formula is C11H16N2O. The maximum atomic E-state index is 5.42. The van der Waals surface area contributed by atoms with Gasteiger partial charge in [0.1, 0.15) is 0 Å². The molecule has 0 saturated heterocycles. The van der Waals surface area contributed by atoms with Gasteiger partial charge in [0.25, 0.3) is 0 Å². The summed E-state index contributed by atoms with van der Waals surface area (Å²) < 4.78 is 5.42. The van der Waals surface area contributed by atoms with Gasteiger partial charge in [-0.05, 0) is 26.0 Å². The van der Waals surface area contributed by atoms with E-state index in [1.165, 1.54) is 0 Å². The van der Waals surface area contributed by atoms with Gasteiger partial charge in [-0.2, -0.15) is 0 Å². The van der Waals surface area contributed by atoms with Crippen molar-refractivity contribution >= 4 is 5.82 Å². The average molecular weight is 192 g/mol. The summed E-state index contributed by atoms with van der Waals surface area (Å²) in [6, 6.07) is 3.94. The zero-order chi connectivity index (χ0) is 10.4. The molecule has 1 unspecified atom stereocenters. The van der Waals surface area contributed by atoms with Crippen LogP contribution in [0.4, 0.5) is 5.82 Å². The van der Waals surface area contributed by atoms with Crippen molar-refractivity contribution in [3.63, 3.8) is 0 Å². The largest absolute Gasteiger partial charge is 0.490 e. The SMILES string of the molecule is C=CC(C)Nc1ncccc1OCC. The number of rotatable bonds is 5. The molecule has 0 spiro atoms. The topological polar surface area (TPSA) is 34.2 Å². The third-order valence-electron chi connectivity index (χ3n) is 1.79. The van der Waals surface area contributed by atoms with Gasteiger partial charge in [-0.15, -0.1) is 6.58 Å². The highest BCUT2D eigenvalue weighted by Crippen LogP contribution is 2.21. The Kier molecular flexibility index (Phi) is 3.98. The van der Waals surface area contributed by atoms with Gasteiger partial charge in [0.05, 0.1) is 6.61 Å². The number of pyridine rings is 1. The molecule has 1 rings (SSSR count). The van der Waals surface area contributed by atoms with Gasteiger partial charge in [-0.1, -0.05) is 6.08 Å². The third-order valence-corrected chi connectivity index (χ3v) is 1.79. The van der Waals surface area contributed by atoms with Crippen LogP contribution in [0.2, 0.25) is 0 Å². The van der Waals surface area contributed by atoms with Crippen molar-refractivity contribution in [2.45, 2.75) is 19.9 Å². The predicted molar refractivity (Wildman–Crippen MR) is 58.7 cm³/mol. The summed E-state index contributed by atoms with van der Waals surface area (Å²) in [5.74, 6) is 1.55. The summed E-state index contributed by atoms with van der Waals surface area (Å²) in [4.78, 5) is 4.20. The summed E-state index contributed by atoms with van der Waals surface area (Å²) in [6.07, 6.45) is 3.56. The first-order chi connectivity index (χ1) is 6.77. The van der Waals surface area contributed by atoms with Crippen LogP contribution in [-0.4, -0.2) is 17.6 Å². The van der Waals surface area contributed by atoms with Crippen LogP contribution in [0.1, 0.15) is 13.8 Å². The Bertz CT molecular complexity index is 299. The Morgan fingerprint density at radius 3 is 3.14 bits per heavy atom. The van der Waals surface area contributed by atoms with E-state index in [0.717, 1.165) is 11.6 Å². The molecular weight excluding hydrogens is 176 g/mol. The zero-order valence-corrected chi connectivity index (χ0v) is 8.66. The molecule has 1 N–H and O–H groups in total. The van der Waals surface area contributed by atoms with Crippen molar-refractivity contribution < 1.29 is 4.74 Å². The zero-order valence-electron chi connectivity index (χ0n) is 8.66. The predicted octanol–water partition coefficient (Wildman–Crippen LogP) is 2.47. The number of hydrogen-bond acceptors (Lipinski definition) is 3. The number of nitrogens with zero attached hydrogens (tertiary/aromatic N) is 1. The average Bonchev–Trinajstić information content (AvgIpc) is 2.21. The minimum Gasteiger partial charge on any atom is -0.490 e. The molecule has 1 aromatic heterocycles. The Labute approximate surface area is 84.8 Å². The molecule has 76 valence electrons. The Hall–Kier alpha value is -1.51. The van der Waals surface area contributed by atoms with Gasteiger partial charge in [0.2, 0.25) is 0 Å². The molecule has 0 bridgehead atoms. The monoisotopic (exact) mass is 192 g/mol. The number of nitrogens with one attached hydrogen (secondary N) is 1. The highest BCUT2D eigenvalue weighted by atomic mass is 16.5. The molecule has 0 fully saturated rings. The molecule has 14 heavy (non-hydrogen) atoms. The Balaban J connectivity index is 2.78. The Morgan fingerprint density at radius 2 is 2.50 bits per heavy atom. The third kappa shape index (κ3) is 2.76. The first kappa shape index (κ1) is 10.6. The fourth-order valence-corrected chi connectivity index (χ4v) is 1.05. The van der Waals surface area contributed by atoms with Gasteiger partial charge in [-0.25, -0.2) is 4.98 Å². The number of ether oxygens (including phenoxy) is 1. The van der Waals surface area contributed by atoms with E-state index in [1.54, 1.807) is 6.20 Å². The van der Waals surface area contributed by atoms with Crippen molar-refractivity contribution in [1.29, 1.82) is 0 Å².